The Morgan fingerprint density at radius 2 is 2.00 bits per heavy atom. The lowest BCUT2D eigenvalue weighted by Crippen LogP contribution is -2.48. The van der Waals surface area contributed by atoms with Crippen molar-refractivity contribution in [1.82, 2.24) is 9.88 Å². The number of carbonyl (C=O) groups is 1. The van der Waals surface area contributed by atoms with Crippen LogP contribution in [0.25, 0.3) is 0 Å². The van der Waals surface area contributed by atoms with Crippen LogP contribution in [0.5, 0.6) is 0 Å². The highest BCUT2D eigenvalue weighted by Crippen LogP contribution is 2.29. The molecule has 1 aliphatic heterocycles. The molecule has 2 heterocycles. The third-order valence-corrected chi connectivity index (χ3v) is 2.81. The lowest BCUT2D eigenvalue weighted by atomic mass is 10.3. The van der Waals surface area contributed by atoms with Crippen molar-refractivity contribution >= 4 is 11.7 Å². The van der Waals surface area contributed by atoms with Crippen LogP contribution in [0.15, 0.2) is 18.2 Å². The van der Waals surface area contributed by atoms with Crippen molar-refractivity contribution in [2.45, 2.75) is 6.18 Å². The molecule has 1 fully saturated rings. The van der Waals surface area contributed by atoms with E-state index in [0.29, 0.717) is 13.1 Å². The number of likely N-dealkylation sites (N-methyl/N-ethyl adjacent to an activating group) is 1. The minimum absolute atomic E-state index is 0.0603. The fraction of sp³-hybridized carbons (Fsp3) is 0.455. The molecule has 0 aliphatic carbocycles. The van der Waals surface area contributed by atoms with E-state index >= 15 is 0 Å². The van der Waals surface area contributed by atoms with Crippen molar-refractivity contribution in [3.63, 3.8) is 0 Å². The molecule has 1 aromatic heterocycles. The van der Waals surface area contributed by atoms with E-state index in [1.165, 1.54) is 12.1 Å². The fourth-order valence-electron chi connectivity index (χ4n) is 1.71. The summed E-state index contributed by atoms with van der Waals surface area (Å²) in [5, 5.41) is 0. The first kappa shape index (κ1) is 12.7. The second-order valence-electron chi connectivity index (χ2n) is 4.12. The van der Waals surface area contributed by atoms with Gasteiger partial charge in [0, 0.05) is 20.1 Å². The Morgan fingerprint density at radius 3 is 2.61 bits per heavy atom. The summed E-state index contributed by atoms with van der Waals surface area (Å²) in [7, 11) is 1.67. The van der Waals surface area contributed by atoms with E-state index in [9.17, 15) is 18.0 Å². The van der Waals surface area contributed by atoms with E-state index in [1.54, 1.807) is 16.8 Å². The van der Waals surface area contributed by atoms with Gasteiger partial charge in [-0.3, -0.25) is 4.79 Å². The molecule has 0 N–H and O–H groups in total. The minimum Gasteiger partial charge on any atom is -0.346 e. The van der Waals surface area contributed by atoms with E-state index < -0.39 is 11.9 Å². The molecule has 4 nitrogen and oxygen atoms in total. The summed E-state index contributed by atoms with van der Waals surface area (Å²) in [6.45, 7) is 1.03. The number of amides is 1. The summed E-state index contributed by atoms with van der Waals surface area (Å²) in [4.78, 5) is 18.2. The Morgan fingerprint density at radius 1 is 1.28 bits per heavy atom. The minimum atomic E-state index is -4.47. The number of hydrogen-bond acceptors (Lipinski definition) is 3. The van der Waals surface area contributed by atoms with Gasteiger partial charge in [0.25, 0.3) is 0 Å². The Hall–Kier alpha value is -1.79. The summed E-state index contributed by atoms with van der Waals surface area (Å²) in [6.07, 6.45) is -4.47. The molecule has 1 saturated heterocycles. The second-order valence-corrected chi connectivity index (χ2v) is 4.12. The molecular formula is C11H12F3N3O. The van der Waals surface area contributed by atoms with Gasteiger partial charge in [-0.25, -0.2) is 4.98 Å². The first-order valence-electron chi connectivity index (χ1n) is 5.41. The third-order valence-electron chi connectivity index (χ3n) is 2.81. The molecular weight excluding hydrogens is 247 g/mol. The highest BCUT2D eigenvalue weighted by atomic mass is 19.4. The van der Waals surface area contributed by atoms with Crippen LogP contribution in [0.3, 0.4) is 0 Å². The van der Waals surface area contributed by atoms with Crippen LogP contribution in [-0.2, 0) is 11.0 Å². The Kier molecular flexibility index (Phi) is 3.14. The first-order valence-corrected chi connectivity index (χ1v) is 5.41. The largest absolute Gasteiger partial charge is 0.433 e. The summed E-state index contributed by atoms with van der Waals surface area (Å²) in [6, 6.07) is 3.70. The summed E-state index contributed by atoms with van der Waals surface area (Å²) >= 11 is 0. The van der Waals surface area contributed by atoms with Crippen molar-refractivity contribution < 1.29 is 18.0 Å². The molecule has 98 valence electrons. The van der Waals surface area contributed by atoms with Crippen LogP contribution in [-0.4, -0.2) is 42.5 Å². The number of carbonyl (C=O) groups excluding carboxylic acids is 1. The number of hydrogen-bond donors (Lipinski definition) is 0. The molecule has 1 aromatic rings. The van der Waals surface area contributed by atoms with Gasteiger partial charge in [-0.05, 0) is 12.1 Å². The van der Waals surface area contributed by atoms with Gasteiger partial charge in [0.15, 0.2) is 0 Å². The van der Waals surface area contributed by atoms with Crippen LogP contribution >= 0.6 is 0 Å². The number of halogens is 3. The number of aromatic nitrogens is 1. The first-order chi connectivity index (χ1) is 8.38. The van der Waals surface area contributed by atoms with E-state index in [-0.39, 0.29) is 18.3 Å². The summed E-state index contributed by atoms with van der Waals surface area (Å²) < 4.78 is 37.6. The highest BCUT2D eigenvalue weighted by molar-refractivity contribution is 5.82. The quantitative estimate of drug-likeness (QED) is 0.764. The monoisotopic (exact) mass is 259 g/mol. The van der Waals surface area contributed by atoms with Crippen molar-refractivity contribution in [3.05, 3.63) is 23.9 Å². The van der Waals surface area contributed by atoms with Gasteiger partial charge in [-0.1, -0.05) is 6.07 Å². The molecule has 0 aromatic carbocycles. The number of piperazine rings is 1. The maximum Gasteiger partial charge on any atom is 0.433 e. The Labute approximate surface area is 102 Å². The predicted octanol–water partition coefficient (Wildman–Crippen LogP) is 1.38. The topological polar surface area (TPSA) is 36.4 Å². The smallest absolute Gasteiger partial charge is 0.346 e. The standard InChI is InChI=1S/C11H12F3N3O/c1-16-5-6-17(7-10(16)18)9-4-2-3-8(15-9)11(12,13)14/h2-4H,5-7H2,1H3. The zero-order valence-electron chi connectivity index (χ0n) is 9.74. The molecule has 0 unspecified atom stereocenters. The van der Waals surface area contributed by atoms with Crippen molar-refractivity contribution in [1.29, 1.82) is 0 Å². The summed E-state index contributed by atoms with van der Waals surface area (Å²) in [5.41, 5.74) is -0.939. The van der Waals surface area contributed by atoms with Crippen LogP contribution in [0.1, 0.15) is 5.69 Å². The normalized spacial score (nSPS) is 17.2. The molecule has 0 saturated carbocycles. The van der Waals surface area contributed by atoms with Gasteiger partial charge >= 0.3 is 6.18 Å². The molecule has 0 bridgehead atoms. The molecule has 0 atom stereocenters. The summed E-state index contributed by atoms with van der Waals surface area (Å²) in [5.74, 6) is 0.0618. The number of nitrogens with zero attached hydrogens (tertiary/aromatic N) is 3. The molecule has 2 rings (SSSR count). The van der Waals surface area contributed by atoms with E-state index in [0.717, 1.165) is 6.07 Å². The van der Waals surface area contributed by atoms with Gasteiger partial charge in [-0.2, -0.15) is 13.2 Å². The number of rotatable bonds is 1. The maximum absolute atomic E-state index is 12.5. The Bertz CT molecular complexity index is 461. The average Bonchev–Trinajstić information content (AvgIpc) is 2.32. The molecule has 18 heavy (non-hydrogen) atoms. The van der Waals surface area contributed by atoms with Gasteiger partial charge in [0.2, 0.25) is 5.91 Å². The third kappa shape index (κ3) is 2.55. The van der Waals surface area contributed by atoms with E-state index in [2.05, 4.69) is 4.98 Å². The van der Waals surface area contributed by atoms with Crippen LogP contribution < -0.4 is 4.90 Å². The second kappa shape index (κ2) is 4.47. The zero-order chi connectivity index (χ0) is 13.3. The van der Waals surface area contributed by atoms with Crippen molar-refractivity contribution in [2.75, 3.05) is 31.6 Å². The molecule has 0 spiro atoms. The van der Waals surface area contributed by atoms with Gasteiger partial charge < -0.3 is 9.80 Å². The number of alkyl halides is 3. The average molecular weight is 259 g/mol. The lowest BCUT2D eigenvalue weighted by molar-refractivity contribution is -0.141. The van der Waals surface area contributed by atoms with Crippen molar-refractivity contribution in [2.24, 2.45) is 0 Å². The molecule has 1 amide bonds. The molecule has 7 heteroatoms. The highest BCUT2D eigenvalue weighted by Gasteiger charge is 2.33. The molecule has 1 aliphatic rings. The Balaban J connectivity index is 2.22. The molecule has 0 radical (unpaired) electrons. The van der Waals surface area contributed by atoms with Gasteiger partial charge in [-0.15, -0.1) is 0 Å². The number of anilines is 1. The SMILES string of the molecule is CN1CCN(c2cccc(C(F)(F)F)n2)CC1=O. The predicted molar refractivity (Wildman–Crippen MR) is 59.1 cm³/mol. The van der Waals surface area contributed by atoms with Gasteiger partial charge in [0.1, 0.15) is 11.5 Å². The maximum atomic E-state index is 12.5. The zero-order valence-corrected chi connectivity index (χ0v) is 9.74. The number of pyridine rings is 1. The van der Waals surface area contributed by atoms with E-state index in [1.807, 2.05) is 0 Å². The lowest BCUT2D eigenvalue weighted by Gasteiger charge is -2.32. The van der Waals surface area contributed by atoms with Gasteiger partial charge in [0.05, 0.1) is 6.54 Å². The van der Waals surface area contributed by atoms with Crippen LogP contribution in [0.2, 0.25) is 0 Å². The van der Waals surface area contributed by atoms with Crippen LogP contribution in [0, 0.1) is 0 Å². The van der Waals surface area contributed by atoms with Crippen molar-refractivity contribution in [3.8, 4) is 0 Å². The fourth-order valence-corrected chi connectivity index (χ4v) is 1.71. The van der Waals surface area contributed by atoms with E-state index in [4.69, 9.17) is 0 Å². The van der Waals surface area contributed by atoms with Crippen LogP contribution in [0.4, 0.5) is 19.0 Å².